The molecular weight excluding hydrogens is 318 g/mol. The van der Waals surface area contributed by atoms with E-state index in [2.05, 4.69) is 9.97 Å². The van der Waals surface area contributed by atoms with Crippen molar-refractivity contribution >= 4 is 27.3 Å². The number of imidazole rings is 1. The van der Waals surface area contributed by atoms with Crippen molar-refractivity contribution in [3.8, 4) is 0 Å². The second-order valence-corrected chi connectivity index (χ2v) is 7.32. The summed E-state index contributed by atoms with van der Waals surface area (Å²) in [5.74, 6) is 0.967. The molecular formula is C19H17N3OS. The summed E-state index contributed by atoms with van der Waals surface area (Å²) in [4.78, 5) is 9.07. The Morgan fingerprint density at radius 3 is 2.75 bits per heavy atom. The first kappa shape index (κ1) is 15.0. The van der Waals surface area contributed by atoms with Crippen LogP contribution in [0.1, 0.15) is 17.0 Å². The minimum absolute atomic E-state index is 0.456. The van der Waals surface area contributed by atoms with E-state index in [1.165, 1.54) is 0 Å². The third kappa shape index (κ3) is 2.95. The van der Waals surface area contributed by atoms with Crippen LogP contribution in [0.15, 0.2) is 60.9 Å². The third-order valence-corrected chi connectivity index (χ3v) is 5.22. The SMILES string of the molecule is Cc1cc(CS(=O)Cc2cn3ccccc3n2)c2ccccc2n1. The summed E-state index contributed by atoms with van der Waals surface area (Å²) in [5, 5.41) is 1.08. The number of nitrogens with zero attached hydrogens (tertiary/aromatic N) is 3. The number of rotatable bonds is 4. The van der Waals surface area contributed by atoms with Crippen LogP contribution in [0.2, 0.25) is 0 Å². The summed E-state index contributed by atoms with van der Waals surface area (Å²) < 4.78 is 14.6. The first-order valence-electron chi connectivity index (χ1n) is 7.82. The number of hydrogen-bond acceptors (Lipinski definition) is 3. The summed E-state index contributed by atoms with van der Waals surface area (Å²) in [7, 11) is -1.02. The van der Waals surface area contributed by atoms with Crippen molar-refractivity contribution in [1.29, 1.82) is 0 Å². The van der Waals surface area contributed by atoms with Gasteiger partial charge >= 0.3 is 0 Å². The Kier molecular flexibility index (Phi) is 3.86. The Bertz CT molecular complexity index is 1020. The van der Waals surface area contributed by atoms with E-state index in [-0.39, 0.29) is 0 Å². The lowest BCUT2D eigenvalue weighted by Crippen LogP contribution is -2.01. The molecule has 0 aliphatic carbocycles. The zero-order valence-electron chi connectivity index (χ0n) is 13.3. The molecule has 3 aromatic heterocycles. The number of aryl methyl sites for hydroxylation is 1. The van der Waals surface area contributed by atoms with E-state index in [0.29, 0.717) is 11.5 Å². The molecule has 0 saturated carbocycles. The standard InChI is InChI=1S/C19H17N3OS/c1-14-10-15(17-6-2-3-7-18(17)20-14)12-24(23)13-16-11-22-9-5-4-8-19(22)21-16/h2-11H,12-13H2,1H3. The van der Waals surface area contributed by atoms with Crippen LogP contribution in [0.25, 0.3) is 16.6 Å². The highest BCUT2D eigenvalue weighted by atomic mass is 32.2. The smallest absolute Gasteiger partial charge is 0.137 e. The van der Waals surface area contributed by atoms with Crippen molar-refractivity contribution in [2.45, 2.75) is 18.4 Å². The maximum Gasteiger partial charge on any atom is 0.137 e. The zero-order chi connectivity index (χ0) is 16.5. The summed E-state index contributed by atoms with van der Waals surface area (Å²) in [6, 6.07) is 15.9. The normalized spacial score (nSPS) is 12.7. The van der Waals surface area contributed by atoms with Crippen molar-refractivity contribution in [3.05, 3.63) is 77.9 Å². The second-order valence-electron chi connectivity index (χ2n) is 5.87. The summed E-state index contributed by atoms with van der Waals surface area (Å²) in [6.07, 6.45) is 3.90. The number of hydrogen-bond donors (Lipinski definition) is 0. The van der Waals surface area contributed by atoms with Crippen molar-refractivity contribution < 1.29 is 4.21 Å². The van der Waals surface area contributed by atoms with Gasteiger partial charge < -0.3 is 4.40 Å². The largest absolute Gasteiger partial charge is 0.307 e. The maximum atomic E-state index is 12.7. The lowest BCUT2D eigenvalue weighted by molar-refractivity contribution is 0.682. The average molecular weight is 335 g/mol. The van der Waals surface area contributed by atoms with Crippen molar-refractivity contribution in [3.63, 3.8) is 0 Å². The van der Waals surface area contributed by atoms with Crippen LogP contribution in [-0.2, 0) is 22.3 Å². The number of benzene rings is 1. The third-order valence-electron chi connectivity index (χ3n) is 3.97. The Balaban J connectivity index is 1.60. The summed E-state index contributed by atoms with van der Waals surface area (Å²) in [6.45, 7) is 1.97. The highest BCUT2D eigenvalue weighted by Gasteiger charge is 2.10. The van der Waals surface area contributed by atoms with E-state index in [1.54, 1.807) is 0 Å². The van der Waals surface area contributed by atoms with Crippen LogP contribution < -0.4 is 0 Å². The molecule has 4 aromatic rings. The molecule has 0 saturated heterocycles. The number of aromatic nitrogens is 3. The first-order chi connectivity index (χ1) is 11.7. The topological polar surface area (TPSA) is 47.3 Å². The van der Waals surface area contributed by atoms with Crippen LogP contribution in [0.5, 0.6) is 0 Å². The van der Waals surface area contributed by atoms with Crippen LogP contribution in [-0.4, -0.2) is 18.6 Å². The Labute approximate surface area is 142 Å². The van der Waals surface area contributed by atoms with E-state index >= 15 is 0 Å². The molecule has 0 bridgehead atoms. The molecule has 0 aliphatic rings. The fraction of sp³-hybridized carbons (Fsp3) is 0.158. The van der Waals surface area contributed by atoms with Gasteiger partial charge in [0.25, 0.3) is 0 Å². The number of fused-ring (bicyclic) bond motifs is 2. The van der Waals surface area contributed by atoms with Crippen molar-refractivity contribution in [2.75, 3.05) is 0 Å². The molecule has 0 spiro atoms. The number of pyridine rings is 2. The minimum Gasteiger partial charge on any atom is -0.307 e. The highest BCUT2D eigenvalue weighted by Crippen LogP contribution is 2.20. The first-order valence-corrected chi connectivity index (χ1v) is 9.31. The molecule has 4 nitrogen and oxygen atoms in total. The zero-order valence-corrected chi connectivity index (χ0v) is 14.2. The van der Waals surface area contributed by atoms with E-state index < -0.39 is 10.8 Å². The molecule has 1 aromatic carbocycles. The van der Waals surface area contributed by atoms with Crippen molar-refractivity contribution in [2.24, 2.45) is 0 Å². The van der Waals surface area contributed by atoms with Gasteiger partial charge in [0.15, 0.2) is 0 Å². The number of para-hydroxylation sites is 1. The van der Waals surface area contributed by atoms with Gasteiger partial charge in [-0.3, -0.25) is 9.19 Å². The van der Waals surface area contributed by atoms with Gasteiger partial charge in [0.2, 0.25) is 0 Å². The summed E-state index contributed by atoms with van der Waals surface area (Å²) in [5.41, 5.74) is 4.73. The van der Waals surface area contributed by atoms with E-state index in [4.69, 9.17) is 0 Å². The fourth-order valence-electron chi connectivity index (χ4n) is 2.96. The Morgan fingerprint density at radius 2 is 1.88 bits per heavy atom. The second kappa shape index (κ2) is 6.17. The van der Waals surface area contributed by atoms with Crippen LogP contribution in [0.3, 0.4) is 0 Å². The fourth-order valence-corrected chi connectivity index (χ4v) is 4.12. The average Bonchev–Trinajstić information content (AvgIpc) is 2.96. The Hall–Kier alpha value is -2.53. The van der Waals surface area contributed by atoms with Gasteiger partial charge in [-0.1, -0.05) is 24.3 Å². The highest BCUT2D eigenvalue weighted by molar-refractivity contribution is 7.83. The van der Waals surface area contributed by atoms with Gasteiger partial charge in [0.1, 0.15) is 5.65 Å². The predicted molar refractivity (Wildman–Crippen MR) is 97.2 cm³/mol. The molecule has 0 N–H and O–H groups in total. The van der Waals surface area contributed by atoms with Crippen molar-refractivity contribution in [1.82, 2.24) is 14.4 Å². The molecule has 3 heterocycles. The molecule has 0 fully saturated rings. The molecule has 4 rings (SSSR count). The molecule has 0 radical (unpaired) electrons. The monoisotopic (exact) mass is 335 g/mol. The van der Waals surface area contributed by atoms with E-state index in [1.807, 2.05) is 72.2 Å². The maximum absolute atomic E-state index is 12.7. The van der Waals surface area contributed by atoms with Gasteiger partial charge in [-0.05, 0) is 36.8 Å². The lowest BCUT2D eigenvalue weighted by atomic mass is 10.1. The van der Waals surface area contributed by atoms with E-state index in [9.17, 15) is 4.21 Å². The Morgan fingerprint density at radius 1 is 1.04 bits per heavy atom. The summed E-state index contributed by atoms with van der Waals surface area (Å²) >= 11 is 0. The van der Waals surface area contributed by atoms with Gasteiger partial charge in [-0.25, -0.2) is 4.98 Å². The molecule has 24 heavy (non-hydrogen) atoms. The molecule has 1 atom stereocenters. The molecule has 0 amide bonds. The molecule has 0 aliphatic heterocycles. The van der Waals surface area contributed by atoms with Crippen LogP contribution in [0, 0.1) is 6.92 Å². The minimum atomic E-state index is -1.02. The molecule has 5 heteroatoms. The lowest BCUT2D eigenvalue weighted by Gasteiger charge is -2.07. The molecule has 1 unspecified atom stereocenters. The van der Waals surface area contributed by atoms with Gasteiger partial charge in [-0.2, -0.15) is 0 Å². The van der Waals surface area contributed by atoms with E-state index in [0.717, 1.165) is 33.5 Å². The molecule has 120 valence electrons. The van der Waals surface area contributed by atoms with Crippen LogP contribution >= 0.6 is 0 Å². The van der Waals surface area contributed by atoms with Gasteiger partial charge in [0, 0.05) is 40.0 Å². The van der Waals surface area contributed by atoms with Gasteiger partial charge in [-0.15, -0.1) is 0 Å². The predicted octanol–water partition coefficient (Wildman–Crippen LogP) is 3.64. The van der Waals surface area contributed by atoms with Gasteiger partial charge in [0.05, 0.1) is 17.0 Å². The van der Waals surface area contributed by atoms with Crippen LogP contribution in [0.4, 0.5) is 0 Å². The quantitative estimate of drug-likeness (QED) is 0.572.